The molecule has 1 saturated carbocycles. The lowest BCUT2D eigenvalue weighted by Crippen LogP contribution is -2.39. The van der Waals surface area contributed by atoms with Crippen LogP contribution >= 0.6 is 0 Å². The van der Waals surface area contributed by atoms with Crippen molar-refractivity contribution in [3.05, 3.63) is 72.2 Å². The maximum absolute atomic E-state index is 12.7. The highest BCUT2D eigenvalue weighted by Gasteiger charge is 2.25. The number of furan rings is 2. The van der Waals surface area contributed by atoms with Crippen molar-refractivity contribution < 1.29 is 18.4 Å². The summed E-state index contributed by atoms with van der Waals surface area (Å²) >= 11 is 0. The minimum absolute atomic E-state index is 0.0893. The summed E-state index contributed by atoms with van der Waals surface area (Å²) in [6.07, 6.45) is 6.77. The molecule has 2 aromatic heterocycles. The molecule has 0 spiro atoms. The molecule has 2 amide bonds. The number of hydrogen-bond acceptors (Lipinski definition) is 4. The average Bonchev–Trinajstić information content (AvgIpc) is 3.43. The van der Waals surface area contributed by atoms with E-state index >= 15 is 0 Å². The SMILES string of the molecule is O=C(NCC1CCC(NC(=O)c2coc3ccccc23)CC1)c1coc2ccccc12. The van der Waals surface area contributed by atoms with Gasteiger partial charge in [0, 0.05) is 23.4 Å². The van der Waals surface area contributed by atoms with Crippen molar-refractivity contribution in [3.63, 3.8) is 0 Å². The average molecular weight is 416 g/mol. The summed E-state index contributed by atoms with van der Waals surface area (Å²) in [4.78, 5) is 25.3. The molecule has 2 aromatic carbocycles. The standard InChI is InChI=1S/C25H24N2O4/c28-24(20-14-30-22-7-3-1-5-18(20)22)26-13-16-9-11-17(12-10-16)27-25(29)21-15-31-23-8-4-2-6-19(21)23/h1-8,14-17H,9-13H2,(H,26,28)(H,27,29). The van der Waals surface area contributed by atoms with Crippen LogP contribution in [0.2, 0.25) is 0 Å². The lowest BCUT2D eigenvalue weighted by Gasteiger charge is -2.29. The van der Waals surface area contributed by atoms with Crippen molar-refractivity contribution in [1.29, 1.82) is 0 Å². The smallest absolute Gasteiger partial charge is 0.255 e. The second-order valence-corrected chi connectivity index (χ2v) is 8.19. The number of rotatable bonds is 5. The maximum atomic E-state index is 12.7. The van der Waals surface area contributed by atoms with Gasteiger partial charge < -0.3 is 19.5 Å². The molecule has 6 nitrogen and oxygen atoms in total. The molecule has 5 rings (SSSR count). The first kappa shape index (κ1) is 19.4. The Labute approximate surface area is 179 Å². The van der Waals surface area contributed by atoms with E-state index in [9.17, 15) is 9.59 Å². The molecule has 2 N–H and O–H groups in total. The van der Waals surface area contributed by atoms with E-state index in [0.29, 0.717) is 29.2 Å². The molecule has 0 atom stereocenters. The zero-order chi connectivity index (χ0) is 21.2. The second kappa shape index (κ2) is 8.30. The molecule has 0 bridgehead atoms. The number of hydrogen-bond donors (Lipinski definition) is 2. The molecule has 1 fully saturated rings. The van der Waals surface area contributed by atoms with Crippen molar-refractivity contribution >= 4 is 33.8 Å². The Balaban J connectivity index is 1.12. The number of nitrogens with one attached hydrogen (secondary N) is 2. The van der Waals surface area contributed by atoms with Crippen LogP contribution in [-0.2, 0) is 0 Å². The van der Waals surface area contributed by atoms with E-state index < -0.39 is 0 Å². The molecule has 6 heteroatoms. The van der Waals surface area contributed by atoms with Crippen molar-refractivity contribution in [2.24, 2.45) is 5.92 Å². The van der Waals surface area contributed by atoms with Gasteiger partial charge in [-0.2, -0.15) is 0 Å². The predicted molar refractivity (Wildman–Crippen MR) is 118 cm³/mol. The molecule has 2 heterocycles. The molecule has 1 aliphatic rings. The molecule has 0 unspecified atom stereocenters. The number of fused-ring (bicyclic) bond motifs is 2. The van der Waals surface area contributed by atoms with Gasteiger partial charge in [0.05, 0.1) is 11.1 Å². The molecule has 4 aromatic rings. The van der Waals surface area contributed by atoms with Crippen LogP contribution in [0, 0.1) is 5.92 Å². The Morgan fingerprint density at radius 1 is 0.774 bits per heavy atom. The summed E-state index contributed by atoms with van der Waals surface area (Å²) in [5.41, 5.74) is 2.59. The monoisotopic (exact) mass is 416 g/mol. The lowest BCUT2D eigenvalue weighted by atomic mass is 9.86. The molecule has 31 heavy (non-hydrogen) atoms. The largest absolute Gasteiger partial charge is 0.463 e. The van der Waals surface area contributed by atoms with Crippen LogP contribution in [0.1, 0.15) is 46.4 Å². The van der Waals surface area contributed by atoms with E-state index in [1.54, 1.807) is 0 Å². The van der Waals surface area contributed by atoms with Gasteiger partial charge in [-0.3, -0.25) is 9.59 Å². The predicted octanol–water partition coefficient (Wildman–Crippen LogP) is 4.90. The van der Waals surface area contributed by atoms with Crippen LogP contribution in [0.5, 0.6) is 0 Å². The van der Waals surface area contributed by atoms with Gasteiger partial charge in [-0.25, -0.2) is 0 Å². The number of carbonyl (C=O) groups excluding carboxylic acids is 2. The van der Waals surface area contributed by atoms with Crippen molar-refractivity contribution in [1.82, 2.24) is 10.6 Å². The van der Waals surface area contributed by atoms with Crippen molar-refractivity contribution in [2.75, 3.05) is 6.54 Å². The summed E-state index contributed by atoms with van der Waals surface area (Å²) in [6.45, 7) is 0.630. The highest BCUT2D eigenvalue weighted by atomic mass is 16.3. The lowest BCUT2D eigenvalue weighted by molar-refractivity contribution is 0.0920. The van der Waals surface area contributed by atoms with E-state index in [0.717, 1.165) is 42.0 Å². The van der Waals surface area contributed by atoms with Crippen molar-refractivity contribution in [2.45, 2.75) is 31.7 Å². The molecular weight excluding hydrogens is 392 g/mol. The fourth-order valence-electron chi connectivity index (χ4n) is 4.41. The van der Waals surface area contributed by atoms with Gasteiger partial charge in [-0.05, 0) is 43.7 Å². The molecule has 0 radical (unpaired) electrons. The fraction of sp³-hybridized carbons (Fsp3) is 0.280. The number of carbonyl (C=O) groups is 2. The van der Waals surface area contributed by atoms with E-state index in [2.05, 4.69) is 10.6 Å². The van der Waals surface area contributed by atoms with E-state index in [1.807, 2.05) is 48.5 Å². The minimum Gasteiger partial charge on any atom is -0.463 e. The van der Waals surface area contributed by atoms with Gasteiger partial charge in [0.2, 0.25) is 0 Å². The third-order valence-electron chi connectivity index (χ3n) is 6.18. The quantitative estimate of drug-likeness (QED) is 0.485. The van der Waals surface area contributed by atoms with Crippen LogP contribution in [0.3, 0.4) is 0 Å². The van der Waals surface area contributed by atoms with E-state index in [1.165, 1.54) is 12.5 Å². The molecule has 158 valence electrons. The second-order valence-electron chi connectivity index (χ2n) is 8.19. The van der Waals surface area contributed by atoms with Gasteiger partial charge in [0.25, 0.3) is 11.8 Å². The Hall–Kier alpha value is -3.54. The van der Waals surface area contributed by atoms with Crippen LogP contribution in [0.25, 0.3) is 21.9 Å². The third-order valence-corrected chi connectivity index (χ3v) is 6.18. The van der Waals surface area contributed by atoms with Gasteiger partial charge in [-0.1, -0.05) is 36.4 Å². The summed E-state index contributed by atoms with van der Waals surface area (Å²) in [7, 11) is 0. The summed E-state index contributed by atoms with van der Waals surface area (Å²) < 4.78 is 10.9. The molecule has 0 aliphatic heterocycles. The van der Waals surface area contributed by atoms with E-state index in [4.69, 9.17) is 8.83 Å². The number of benzene rings is 2. The molecule has 0 saturated heterocycles. The normalized spacial score (nSPS) is 18.8. The van der Waals surface area contributed by atoms with Gasteiger partial charge in [-0.15, -0.1) is 0 Å². The van der Waals surface area contributed by atoms with Crippen molar-refractivity contribution in [3.8, 4) is 0 Å². The Kier molecular flexibility index (Phi) is 5.20. The summed E-state index contributed by atoms with van der Waals surface area (Å²) in [6, 6.07) is 15.2. The molecule has 1 aliphatic carbocycles. The highest BCUT2D eigenvalue weighted by Crippen LogP contribution is 2.26. The Morgan fingerprint density at radius 3 is 1.94 bits per heavy atom. The van der Waals surface area contributed by atoms with Crippen LogP contribution in [0.4, 0.5) is 0 Å². The Bertz CT molecular complexity index is 1230. The molecular formula is C25H24N2O4. The number of para-hydroxylation sites is 2. The Morgan fingerprint density at radius 2 is 1.32 bits per heavy atom. The van der Waals surface area contributed by atoms with Gasteiger partial charge in [0.1, 0.15) is 23.7 Å². The van der Waals surface area contributed by atoms with Gasteiger partial charge >= 0.3 is 0 Å². The topological polar surface area (TPSA) is 84.5 Å². The van der Waals surface area contributed by atoms with Crippen LogP contribution < -0.4 is 10.6 Å². The number of amides is 2. The zero-order valence-corrected chi connectivity index (χ0v) is 17.1. The first-order valence-corrected chi connectivity index (χ1v) is 10.7. The zero-order valence-electron chi connectivity index (χ0n) is 17.1. The van der Waals surface area contributed by atoms with E-state index in [-0.39, 0.29) is 17.9 Å². The first-order valence-electron chi connectivity index (χ1n) is 10.7. The highest BCUT2D eigenvalue weighted by molar-refractivity contribution is 6.06. The third kappa shape index (κ3) is 3.93. The summed E-state index contributed by atoms with van der Waals surface area (Å²) in [5.74, 6) is 0.214. The van der Waals surface area contributed by atoms with Crippen LogP contribution in [0.15, 0.2) is 69.9 Å². The summed E-state index contributed by atoms with van der Waals surface area (Å²) in [5, 5.41) is 7.86. The van der Waals surface area contributed by atoms with Crippen LogP contribution in [-0.4, -0.2) is 24.4 Å². The maximum Gasteiger partial charge on any atom is 0.255 e. The van der Waals surface area contributed by atoms with Gasteiger partial charge in [0.15, 0.2) is 0 Å². The fourth-order valence-corrected chi connectivity index (χ4v) is 4.41. The minimum atomic E-state index is -0.104. The first-order chi connectivity index (χ1) is 15.2.